The minimum Gasteiger partial charge on any atom is -0.468 e. The molecule has 0 saturated carbocycles. The Bertz CT molecular complexity index is 418. The van der Waals surface area contributed by atoms with E-state index in [0.717, 1.165) is 6.42 Å². The number of halogens is 3. The Hall–Kier alpha value is -1.79. The van der Waals surface area contributed by atoms with E-state index in [9.17, 15) is 18.0 Å². The standard InChI is InChI=1S/C12H15F3N2O2/c1-3-8(2)17-11(18)9-4-5-10(16-6-9)19-7-12(13,14)15/h4-6,8H,3,7H2,1-2H3,(H,17,18). The number of nitrogens with zero attached hydrogens (tertiary/aromatic N) is 1. The number of pyridine rings is 1. The number of carbonyl (C=O) groups is 1. The van der Waals surface area contributed by atoms with E-state index in [1.165, 1.54) is 18.3 Å². The van der Waals surface area contributed by atoms with Gasteiger partial charge in [-0.25, -0.2) is 4.98 Å². The summed E-state index contributed by atoms with van der Waals surface area (Å²) in [5.41, 5.74) is 0.277. The van der Waals surface area contributed by atoms with Crippen LogP contribution in [0.3, 0.4) is 0 Å². The lowest BCUT2D eigenvalue weighted by Gasteiger charge is -2.11. The van der Waals surface area contributed by atoms with Crippen LogP contribution in [0.2, 0.25) is 0 Å². The summed E-state index contributed by atoms with van der Waals surface area (Å²) in [6.45, 7) is 2.38. The minimum absolute atomic E-state index is 0.0219. The summed E-state index contributed by atoms with van der Waals surface area (Å²) in [7, 11) is 0. The third-order valence-corrected chi connectivity index (χ3v) is 2.37. The average molecular weight is 276 g/mol. The number of hydrogen-bond acceptors (Lipinski definition) is 3. The molecule has 1 atom stereocenters. The van der Waals surface area contributed by atoms with Gasteiger partial charge in [-0.1, -0.05) is 6.92 Å². The molecule has 0 aliphatic carbocycles. The molecule has 1 heterocycles. The van der Waals surface area contributed by atoms with E-state index in [2.05, 4.69) is 15.0 Å². The Morgan fingerprint density at radius 3 is 2.63 bits per heavy atom. The van der Waals surface area contributed by atoms with Gasteiger partial charge >= 0.3 is 6.18 Å². The lowest BCUT2D eigenvalue weighted by Crippen LogP contribution is -2.31. The maximum absolute atomic E-state index is 11.9. The Labute approximate surface area is 109 Å². The summed E-state index contributed by atoms with van der Waals surface area (Å²) < 4.78 is 40.2. The van der Waals surface area contributed by atoms with Gasteiger partial charge in [0.1, 0.15) is 0 Å². The third-order valence-electron chi connectivity index (χ3n) is 2.37. The smallest absolute Gasteiger partial charge is 0.422 e. The van der Waals surface area contributed by atoms with Crippen molar-refractivity contribution in [1.29, 1.82) is 0 Å². The van der Waals surface area contributed by atoms with E-state index in [1.54, 1.807) is 0 Å². The molecule has 0 spiro atoms. The summed E-state index contributed by atoms with van der Waals surface area (Å²) in [6, 6.07) is 2.63. The molecular weight excluding hydrogens is 261 g/mol. The van der Waals surface area contributed by atoms with Crippen LogP contribution >= 0.6 is 0 Å². The molecule has 1 aromatic rings. The number of alkyl halides is 3. The van der Waals surface area contributed by atoms with Crippen molar-refractivity contribution in [1.82, 2.24) is 10.3 Å². The molecule has 4 nitrogen and oxygen atoms in total. The van der Waals surface area contributed by atoms with Gasteiger partial charge in [-0.3, -0.25) is 4.79 Å². The lowest BCUT2D eigenvalue weighted by atomic mass is 10.2. The fourth-order valence-electron chi connectivity index (χ4n) is 1.16. The summed E-state index contributed by atoms with van der Waals surface area (Å²) in [5.74, 6) is -0.485. The van der Waals surface area contributed by atoms with Crippen molar-refractivity contribution in [3.8, 4) is 5.88 Å². The number of hydrogen-bond donors (Lipinski definition) is 1. The maximum atomic E-state index is 11.9. The molecule has 1 rings (SSSR count). The maximum Gasteiger partial charge on any atom is 0.422 e. The van der Waals surface area contributed by atoms with Crippen molar-refractivity contribution < 1.29 is 22.7 Å². The molecule has 1 N–H and O–H groups in total. The van der Waals surface area contributed by atoms with Crippen LogP contribution in [0.25, 0.3) is 0 Å². The van der Waals surface area contributed by atoms with Crippen molar-refractivity contribution in [2.75, 3.05) is 6.61 Å². The predicted octanol–water partition coefficient (Wildman–Crippen LogP) is 2.55. The first-order valence-corrected chi connectivity index (χ1v) is 5.78. The lowest BCUT2D eigenvalue weighted by molar-refractivity contribution is -0.154. The normalized spacial score (nSPS) is 12.9. The summed E-state index contributed by atoms with van der Waals surface area (Å²) >= 11 is 0. The van der Waals surface area contributed by atoms with Gasteiger partial charge in [0.05, 0.1) is 5.56 Å². The SMILES string of the molecule is CCC(C)NC(=O)c1ccc(OCC(F)(F)F)nc1. The monoisotopic (exact) mass is 276 g/mol. The highest BCUT2D eigenvalue weighted by Gasteiger charge is 2.28. The highest BCUT2D eigenvalue weighted by Crippen LogP contribution is 2.17. The molecule has 1 amide bonds. The molecule has 1 aromatic heterocycles. The highest BCUT2D eigenvalue weighted by atomic mass is 19.4. The van der Waals surface area contributed by atoms with Gasteiger partial charge in [-0.2, -0.15) is 13.2 Å². The second-order valence-electron chi connectivity index (χ2n) is 4.07. The Morgan fingerprint density at radius 2 is 2.16 bits per heavy atom. The number of amides is 1. The molecule has 19 heavy (non-hydrogen) atoms. The van der Waals surface area contributed by atoms with Crippen LogP contribution in [0.15, 0.2) is 18.3 Å². The first-order valence-electron chi connectivity index (χ1n) is 5.78. The van der Waals surface area contributed by atoms with Crippen molar-refractivity contribution in [3.05, 3.63) is 23.9 Å². The van der Waals surface area contributed by atoms with Crippen LogP contribution in [0.5, 0.6) is 5.88 Å². The third kappa shape index (κ3) is 5.58. The van der Waals surface area contributed by atoms with Crippen molar-refractivity contribution >= 4 is 5.91 Å². The van der Waals surface area contributed by atoms with Crippen molar-refractivity contribution in [3.63, 3.8) is 0 Å². The minimum atomic E-state index is -4.41. The fourth-order valence-corrected chi connectivity index (χ4v) is 1.16. The van der Waals surface area contributed by atoms with Gasteiger partial charge in [-0.15, -0.1) is 0 Å². The molecule has 106 valence electrons. The summed E-state index contributed by atoms with van der Waals surface area (Å²) in [5, 5.41) is 2.72. The van der Waals surface area contributed by atoms with Gasteiger partial charge in [0.25, 0.3) is 5.91 Å². The molecule has 0 saturated heterocycles. The summed E-state index contributed by atoms with van der Waals surface area (Å²) in [6.07, 6.45) is -2.44. The predicted molar refractivity (Wildman–Crippen MR) is 63.0 cm³/mol. The van der Waals surface area contributed by atoms with Gasteiger partial charge in [0.15, 0.2) is 6.61 Å². The van der Waals surface area contributed by atoms with Crippen molar-refractivity contribution in [2.24, 2.45) is 0 Å². The Balaban J connectivity index is 2.58. The number of carbonyl (C=O) groups excluding carboxylic acids is 1. The van der Waals surface area contributed by atoms with Crippen LogP contribution in [0.1, 0.15) is 30.6 Å². The van der Waals surface area contributed by atoms with Gasteiger partial charge in [-0.05, 0) is 19.4 Å². The number of rotatable bonds is 5. The second kappa shape index (κ2) is 6.40. The molecule has 1 unspecified atom stereocenters. The van der Waals surface area contributed by atoms with E-state index in [1.807, 2.05) is 13.8 Å². The zero-order chi connectivity index (χ0) is 14.5. The number of nitrogens with one attached hydrogen (secondary N) is 1. The molecule has 0 radical (unpaired) electrons. The van der Waals surface area contributed by atoms with Gasteiger partial charge in [0, 0.05) is 18.3 Å². The fraction of sp³-hybridized carbons (Fsp3) is 0.500. The topological polar surface area (TPSA) is 51.2 Å². The molecule has 7 heteroatoms. The molecule has 0 aromatic carbocycles. The van der Waals surface area contributed by atoms with E-state index in [4.69, 9.17) is 0 Å². The van der Waals surface area contributed by atoms with Crippen LogP contribution in [0, 0.1) is 0 Å². The van der Waals surface area contributed by atoms with E-state index in [-0.39, 0.29) is 23.4 Å². The first-order chi connectivity index (χ1) is 8.81. The van der Waals surface area contributed by atoms with Gasteiger partial charge in [0.2, 0.25) is 5.88 Å². The Morgan fingerprint density at radius 1 is 1.47 bits per heavy atom. The van der Waals surface area contributed by atoms with E-state index >= 15 is 0 Å². The second-order valence-corrected chi connectivity index (χ2v) is 4.07. The molecule has 0 fully saturated rings. The number of aromatic nitrogens is 1. The van der Waals surface area contributed by atoms with Crippen LogP contribution in [-0.4, -0.2) is 29.7 Å². The summed E-state index contributed by atoms with van der Waals surface area (Å²) in [4.78, 5) is 15.3. The largest absolute Gasteiger partial charge is 0.468 e. The van der Waals surface area contributed by atoms with Crippen LogP contribution in [-0.2, 0) is 0 Å². The van der Waals surface area contributed by atoms with Crippen LogP contribution < -0.4 is 10.1 Å². The van der Waals surface area contributed by atoms with E-state index in [0.29, 0.717) is 0 Å². The quantitative estimate of drug-likeness (QED) is 0.899. The molecule has 0 aliphatic rings. The zero-order valence-corrected chi connectivity index (χ0v) is 10.6. The van der Waals surface area contributed by atoms with E-state index < -0.39 is 12.8 Å². The zero-order valence-electron chi connectivity index (χ0n) is 10.6. The highest BCUT2D eigenvalue weighted by molar-refractivity contribution is 5.94. The van der Waals surface area contributed by atoms with Crippen LogP contribution in [0.4, 0.5) is 13.2 Å². The number of ether oxygens (including phenoxy) is 1. The van der Waals surface area contributed by atoms with Crippen molar-refractivity contribution in [2.45, 2.75) is 32.5 Å². The average Bonchev–Trinajstić information content (AvgIpc) is 2.36. The molecule has 0 bridgehead atoms. The first kappa shape index (κ1) is 15.3. The Kier molecular flexibility index (Phi) is 5.14. The van der Waals surface area contributed by atoms with Gasteiger partial charge < -0.3 is 10.1 Å². The molecular formula is C12H15F3N2O2. The molecule has 0 aliphatic heterocycles.